The quantitative estimate of drug-likeness (QED) is 0.253. The van der Waals surface area contributed by atoms with E-state index in [-0.39, 0.29) is 48.1 Å². The highest BCUT2D eigenvalue weighted by atomic mass is 16.7. The molecule has 2 heterocycles. The Morgan fingerprint density at radius 2 is 1.68 bits per heavy atom. The molecule has 0 aromatic rings. The molecule has 1 fully saturated rings. The van der Waals surface area contributed by atoms with Gasteiger partial charge in [-0.2, -0.15) is 0 Å². The standard InChI is InChI=1S/C31H54O6/c1-11-26-23(7)30(37-31(9,10)36-26)24(8)29(34)22(6)27-13-12-18(2)14-19(3)15-20(4)16-21(5)25(32)17-28(33)35-27/h12,19-24,26-27,29-30,34H,11,13-17H2,1-10H3/b18-12+/t19-,20-,21+,22+,23-,24-,26+,27+,29+,30-/m1/s1. The van der Waals surface area contributed by atoms with E-state index in [2.05, 4.69) is 40.7 Å². The first-order chi connectivity index (χ1) is 17.1. The molecule has 0 aromatic heterocycles. The lowest BCUT2D eigenvalue weighted by molar-refractivity contribution is -0.331. The van der Waals surface area contributed by atoms with Crippen molar-refractivity contribution in [2.45, 2.75) is 138 Å². The lowest BCUT2D eigenvalue weighted by Gasteiger charge is -2.48. The molecule has 0 radical (unpaired) electrons. The van der Waals surface area contributed by atoms with E-state index in [9.17, 15) is 14.7 Å². The molecule has 6 nitrogen and oxygen atoms in total. The van der Waals surface area contributed by atoms with Crippen molar-refractivity contribution in [2.24, 2.45) is 35.5 Å². The van der Waals surface area contributed by atoms with Gasteiger partial charge in [0.1, 0.15) is 18.3 Å². The normalized spacial score (nSPS) is 38.5. The van der Waals surface area contributed by atoms with Gasteiger partial charge in [0.15, 0.2) is 5.79 Å². The number of aliphatic hydroxyl groups is 1. The fourth-order valence-corrected chi connectivity index (χ4v) is 6.53. The number of ether oxygens (including phenoxy) is 3. The molecule has 214 valence electrons. The van der Waals surface area contributed by atoms with Gasteiger partial charge in [-0.1, -0.05) is 60.1 Å². The van der Waals surface area contributed by atoms with Crippen LogP contribution in [0.5, 0.6) is 0 Å². The van der Waals surface area contributed by atoms with Crippen molar-refractivity contribution in [3.8, 4) is 0 Å². The minimum atomic E-state index is -0.751. The molecule has 2 aliphatic heterocycles. The number of hydrogen-bond donors (Lipinski definition) is 1. The van der Waals surface area contributed by atoms with E-state index in [0.29, 0.717) is 18.3 Å². The fourth-order valence-electron chi connectivity index (χ4n) is 6.53. The molecule has 1 saturated heterocycles. The maximum absolute atomic E-state index is 12.9. The zero-order valence-corrected chi connectivity index (χ0v) is 25.1. The van der Waals surface area contributed by atoms with Gasteiger partial charge in [-0.05, 0) is 58.3 Å². The third-order valence-corrected chi connectivity index (χ3v) is 8.62. The number of allylic oxidation sites excluding steroid dienone is 1. The zero-order valence-electron chi connectivity index (χ0n) is 25.1. The molecule has 10 atom stereocenters. The van der Waals surface area contributed by atoms with Gasteiger partial charge in [-0.15, -0.1) is 0 Å². The largest absolute Gasteiger partial charge is 0.461 e. The summed E-state index contributed by atoms with van der Waals surface area (Å²) in [5.74, 6) is -0.919. The molecule has 0 spiro atoms. The Labute approximate surface area is 225 Å². The lowest BCUT2D eigenvalue weighted by Crippen LogP contribution is -2.54. The van der Waals surface area contributed by atoms with E-state index in [4.69, 9.17) is 14.2 Å². The fraction of sp³-hybridized carbons (Fsp3) is 0.871. The number of hydrogen-bond acceptors (Lipinski definition) is 6. The van der Waals surface area contributed by atoms with Crippen molar-refractivity contribution >= 4 is 11.8 Å². The molecule has 0 aliphatic carbocycles. The smallest absolute Gasteiger partial charge is 0.313 e. The van der Waals surface area contributed by atoms with Crippen LogP contribution in [0, 0.1) is 35.5 Å². The van der Waals surface area contributed by atoms with Crippen molar-refractivity contribution in [1.29, 1.82) is 0 Å². The van der Waals surface area contributed by atoms with Crippen molar-refractivity contribution in [2.75, 3.05) is 0 Å². The first-order valence-electron chi connectivity index (χ1n) is 14.6. The van der Waals surface area contributed by atoms with Crippen molar-refractivity contribution < 1.29 is 28.9 Å². The highest BCUT2D eigenvalue weighted by molar-refractivity contribution is 5.96. The number of Topliss-reactive ketones (excluding diaryl/α,β-unsaturated/α-hetero) is 1. The van der Waals surface area contributed by atoms with Crippen LogP contribution < -0.4 is 0 Å². The number of aliphatic hydroxyl groups excluding tert-OH is 1. The van der Waals surface area contributed by atoms with Gasteiger partial charge < -0.3 is 19.3 Å². The molecular formula is C31H54O6. The summed E-state index contributed by atoms with van der Waals surface area (Å²) in [7, 11) is 0. The third-order valence-electron chi connectivity index (χ3n) is 8.62. The number of ketones is 1. The van der Waals surface area contributed by atoms with Crippen molar-refractivity contribution in [3.05, 3.63) is 11.6 Å². The predicted octanol–water partition coefficient (Wildman–Crippen LogP) is 6.49. The summed E-state index contributed by atoms with van der Waals surface area (Å²) in [6.07, 6.45) is 4.72. The molecule has 0 bridgehead atoms. The highest BCUT2D eigenvalue weighted by Gasteiger charge is 2.45. The van der Waals surface area contributed by atoms with Gasteiger partial charge in [0, 0.05) is 30.1 Å². The van der Waals surface area contributed by atoms with E-state index >= 15 is 0 Å². The topological polar surface area (TPSA) is 82.1 Å². The van der Waals surface area contributed by atoms with E-state index in [0.717, 1.165) is 25.7 Å². The van der Waals surface area contributed by atoms with Crippen LogP contribution >= 0.6 is 0 Å². The van der Waals surface area contributed by atoms with E-state index in [1.807, 2.05) is 34.6 Å². The minimum Gasteiger partial charge on any atom is -0.461 e. The third kappa shape index (κ3) is 9.18. The van der Waals surface area contributed by atoms with Crippen LogP contribution in [0.2, 0.25) is 0 Å². The van der Waals surface area contributed by atoms with Gasteiger partial charge in [0.25, 0.3) is 0 Å². The van der Waals surface area contributed by atoms with E-state index < -0.39 is 24.0 Å². The molecule has 2 rings (SSSR count). The SMILES string of the molecule is CC[C@@H]1OC(C)(C)O[C@@H]([C@H](C)[C@@H](O)[C@@H](C)[C@@H]2C/C=C(\C)C[C@@H](C)C[C@@H](C)C[C@H](C)C(=O)CC(=O)O2)[C@@H]1C. The molecule has 0 aromatic carbocycles. The van der Waals surface area contributed by atoms with Crippen LogP contribution in [0.3, 0.4) is 0 Å². The first-order valence-corrected chi connectivity index (χ1v) is 14.6. The van der Waals surface area contributed by atoms with Crippen LogP contribution in [0.4, 0.5) is 0 Å². The second kappa shape index (κ2) is 13.7. The highest BCUT2D eigenvalue weighted by Crippen LogP contribution is 2.38. The maximum Gasteiger partial charge on any atom is 0.313 e. The van der Waals surface area contributed by atoms with Crippen LogP contribution in [0.1, 0.15) is 108 Å². The monoisotopic (exact) mass is 522 g/mol. The number of rotatable bonds is 5. The van der Waals surface area contributed by atoms with Gasteiger partial charge in [-0.25, -0.2) is 0 Å². The molecule has 0 unspecified atom stereocenters. The Balaban J connectivity index is 2.25. The summed E-state index contributed by atoms with van der Waals surface area (Å²) in [6.45, 7) is 20.5. The summed E-state index contributed by atoms with van der Waals surface area (Å²) < 4.78 is 18.3. The number of cyclic esters (lactones) is 1. The van der Waals surface area contributed by atoms with Gasteiger partial charge in [0.05, 0.1) is 18.3 Å². The molecule has 0 saturated carbocycles. The Morgan fingerprint density at radius 1 is 1.03 bits per heavy atom. The molecule has 6 heteroatoms. The summed E-state index contributed by atoms with van der Waals surface area (Å²) in [6, 6.07) is 0. The van der Waals surface area contributed by atoms with E-state index in [1.54, 1.807) is 0 Å². The van der Waals surface area contributed by atoms with Crippen LogP contribution in [-0.2, 0) is 23.8 Å². The summed E-state index contributed by atoms with van der Waals surface area (Å²) in [5.41, 5.74) is 1.27. The van der Waals surface area contributed by atoms with E-state index in [1.165, 1.54) is 5.57 Å². The summed E-state index contributed by atoms with van der Waals surface area (Å²) >= 11 is 0. The Kier molecular flexibility index (Phi) is 11.8. The predicted molar refractivity (Wildman–Crippen MR) is 147 cm³/mol. The first kappa shape index (κ1) is 32.0. The average Bonchev–Trinajstić information content (AvgIpc) is 2.80. The molecule has 2 aliphatic rings. The summed E-state index contributed by atoms with van der Waals surface area (Å²) in [4.78, 5) is 25.6. The van der Waals surface area contributed by atoms with Crippen LogP contribution in [-0.4, -0.2) is 47.1 Å². The molecule has 0 amide bonds. The minimum absolute atomic E-state index is 0.0502. The van der Waals surface area contributed by atoms with Gasteiger partial charge in [-0.3, -0.25) is 9.59 Å². The van der Waals surface area contributed by atoms with Crippen LogP contribution in [0.25, 0.3) is 0 Å². The van der Waals surface area contributed by atoms with Crippen molar-refractivity contribution in [3.63, 3.8) is 0 Å². The molecular weight excluding hydrogens is 468 g/mol. The molecule has 37 heavy (non-hydrogen) atoms. The summed E-state index contributed by atoms with van der Waals surface area (Å²) in [5, 5.41) is 11.5. The van der Waals surface area contributed by atoms with Crippen molar-refractivity contribution in [1.82, 2.24) is 0 Å². The second-order valence-electron chi connectivity index (χ2n) is 12.9. The maximum atomic E-state index is 12.9. The number of carbonyl (C=O) groups excluding carboxylic acids is 2. The Hall–Kier alpha value is -1.24. The Bertz CT molecular complexity index is 789. The van der Waals surface area contributed by atoms with Gasteiger partial charge in [0.2, 0.25) is 0 Å². The van der Waals surface area contributed by atoms with Gasteiger partial charge >= 0.3 is 5.97 Å². The zero-order chi connectivity index (χ0) is 28.1. The average molecular weight is 523 g/mol. The molecule has 1 N–H and O–H groups in total. The van der Waals surface area contributed by atoms with Crippen LogP contribution in [0.15, 0.2) is 11.6 Å². The second-order valence-corrected chi connectivity index (χ2v) is 12.9. The Morgan fingerprint density at radius 3 is 2.30 bits per heavy atom. The number of carbonyl (C=O) groups is 2. The number of esters is 1. The lowest BCUT2D eigenvalue weighted by atomic mass is 9.78.